The number of amidine groups is 1. The molecule has 16 heavy (non-hydrogen) atoms. The molecule has 88 valence electrons. The molecule has 1 aromatic carbocycles. The molecule has 1 aromatic rings. The van der Waals surface area contributed by atoms with Gasteiger partial charge in [-0.05, 0) is 30.2 Å². The van der Waals surface area contributed by atoms with Gasteiger partial charge in [-0.3, -0.25) is 5.41 Å². The number of benzene rings is 1. The maximum Gasteiger partial charge on any atom is 0.122 e. The summed E-state index contributed by atoms with van der Waals surface area (Å²) >= 11 is 7.87. The van der Waals surface area contributed by atoms with Crippen LogP contribution in [0, 0.1) is 11.3 Å². The molecule has 0 saturated heterocycles. The normalized spacial score (nSPS) is 10.8. The van der Waals surface area contributed by atoms with E-state index in [-0.39, 0.29) is 5.84 Å². The van der Waals surface area contributed by atoms with Gasteiger partial charge in [0.05, 0.1) is 5.02 Å². The number of rotatable bonds is 5. The minimum absolute atomic E-state index is 0.0561. The quantitative estimate of drug-likeness (QED) is 0.479. The Morgan fingerprint density at radius 2 is 2.19 bits per heavy atom. The number of nitrogens with one attached hydrogen (secondary N) is 1. The lowest BCUT2D eigenvalue weighted by Gasteiger charge is -2.07. The number of hydrogen-bond donors (Lipinski definition) is 2. The van der Waals surface area contributed by atoms with Gasteiger partial charge in [0.1, 0.15) is 5.84 Å². The van der Waals surface area contributed by atoms with Crippen LogP contribution in [0.5, 0.6) is 0 Å². The Labute approximate surface area is 106 Å². The van der Waals surface area contributed by atoms with Crippen molar-refractivity contribution < 1.29 is 0 Å². The second kappa shape index (κ2) is 6.16. The van der Waals surface area contributed by atoms with Gasteiger partial charge in [-0.25, -0.2) is 0 Å². The van der Waals surface area contributed by atoms with Gasteiger partial charge in [0.15, 0.2) is 0 Å². The van der Waals surface area contributed by atoms with Crippen LogP contribution in [0.4, 0.5) is 0 Å². The molecule has 3 N–H and O–H groups in total. The van der Waals surface area contributed by atoms with Gasteiger partial charge >= 0.3 is 0 Å². The van der Waals surface area contributed by atoms with Crippen molar-refractivity contribution in [2.45, 2.75) is 25.2 Å². The number of hydrogen-bond acceptors (Lipinski definition) is 2. The number of nitrogen functional groups attached to an aromatic ring is 1. The third-order valence-electron chi connectivity index (χ3n) is 2.20. The molecule has 0 aliphatic rings. The van der Waals surface area contributed by atoms with Crippen LogP contribution in [-0.2, 0) is 0 Å². The first kappa shape index (κ1) is 13.4. The summed E-state index contributed by atoms with van der Waals surface area (Å²) in [5.74, 6) is 1.83. The fourth-order valence-electron chi connectivity index (χ4n) is 1.19. The Bertz CT molecular complexity index is 377. The van der Waals surface area contributed by atoms with E-state index in [0.717, 1.165) is 10.6 Å². The van der Waals surface area contributed by atoms with E-state index in [4.69, 9.17) is 22.7 Å². The summed E-state index contributed by atoms with van der Waals surface area (Å²) in [5, 5.41) is 7.99. The van der Waals surface area contributed by atoms with Crippen molar-refractivity contribution in [3.63, 3.8) is 0 Å². The van der Waals surface area contributed by atoms with E-state index in [1.807, 2.05) is 12.1 Å². The molecular formula is C12H17ClN2S. The predicted octanol–water partition coefficient (Wildman–Crippen LogP) is 3.76. The lowest BCUT2D eigenvalue weighted by Crippen LogP contribution is -2.10. The first-order valence-electron chi connectivity index (χ1n) is 5.27. The Balaban J connectivity index is 2.64. The van der Waals surface area contributed by atoms with Gasteiger partial charge in [0, 0.05) is 10.5 Å². The minimum atomic E-state index is 0.0561. The van der Waals surface area contributed by atoms with Gasteiger partial charge in [-0.1, -0.05) is 31.5 Å². The maximum atomic E-state index is 7.31. The van der Waals surface area contributed by atoms with Crippen LogP contribution in [0.25, 0.3) is 0 Å². The summed E-state index contributed by atoms with van der Waals surface area (Å²) < 4.78 is 0. The van der Waals surface area contributed by atoms with Crippen molar-refractivity contribution in [2.75, 3.05) is 5.75 Å². The molecule has 0 saturated carbocycles. The predicted molar refractivity (Wildman–Crippen MR) is 72.6 cm³/mol. The molecule has 0 aliphatic carbocycles. The summed E-state index contributed by atoms with van der Waals surface area (Å²) in [7, 11) is 0. The smallest absolute Gasteiger partial charge is 0.122 e. The molecule has 0 aliphatic heterocycles. The zero-order valence-electron chi connectivity index (χ0n) is 9.59. The average molecular weight is 257 g/mol. The van der Waals surface area contributed by atoms with E-state index in [1.54, 1.807) is 17.8 Å². The summed E-state index contributed by atoms with van der Waals surface area (Å²) in [5.41, 5.74) is 6.07. The molecule has 2 nitrogen and oxygen atoms in total. The Hall–Kier alpha value is -0.670. The highest BCUT2D eigenvalue weighted by Crippen LogP contribution is 2.29. The van der Waals surface area contributed by atoms with Crippen LogP contribution < -0.4 is 5.73 Å². The molecule has 0 atom stereocenters. The Morgan fingerprint density at radius 1 is 1.50 bits per heavy atom. The molecular weight excluding hydrogens is 240 g/mol. The highest BCUT2D eigenvalue weighted by molar-refractivity contribution is 7.99. The number of halogens is 1. The molecule has 0 bridgehead atoms. The molecule has 0 heterocycles. The lowest BCUT2D eigenvalue weighted by atomic mass is 10.2. The maximum absolute atomic E-state index is 7.31. The van der Waals surface area contributed by atoms with E-state index in [2.05, 4.69) is 13.8 Å². The Kier molecular flexibility index (Phi) is 5.16. The molecule has 0 radical (unpaired) electrons. The summed E-state index contributed by atoms with van der Waals surface area (Å²) in [4.78, 5) is 1.06. The fourth-order valence-corrected chi connectivity index (χ4v) is 2.70. The second-order valence-corrected chi connectivity index (χ2v) is 5.63. The largest absolute Gasteiger partial charge is 0.384 e. The van der Waals surface area contributed by atoms with Crippen molar-refractivity contribution in [2.24, 2.45) is 11.7 Å². The highest BCUT2D eigenvalue weighted by Gasteiger charge is 2.04. The topological polar surface area (TPSA) is 49.9 Å². The van der Waals surface area contributed by atoms with E-state index in [9.17, 15) is 0 Å². The van der Waals surface area contributed by atoms with Gasteiger partial charge in [-0.2, -0.15) is 0 Å². The lowest BCUT2D eigenvalue weighted by molar-refractivity contribution is 0.632. The van der Waals surface area contributed by atoms with Crippen molar-refractivity contribution in [3.05, 3.63) is 28.8 Å². The monoisotopic (exact) mass is 256 g/mol. The van der Waals surface area contributed by atoms with Crippen LogP contribution in [0.15, 0.2) is 23.1 Å². The van der Waals surface area contributed by atoms with Crippen LogP contribution >= 0.6 is 23.4 Å². The second-order valence-electron chi connectivity index (χ2n) is 4.09. The minimum Gasteiger partial charge on any atom is -0.384 e. The standard InChI is InChI=1S/C12H17ClN2S/c1-8(2)5-6-16-11-4-3-9(12(14)15)7-10(11)13/h3-4,7-8H,5-6H2,1-2H3,(H3,14,15). The molecule has 0 fully saturated rings. The van der Waals surface area contributed by atoms with E-state index < -0.39 is 0 Å². The summed E-state index contributed by atoms with van der Waals surface area (Å²) in [6.45, 7) is 4.42. The van der Waals surface area contributed by atoms with E-state index in [0.29, 0.717) is 16.5 Å². The average Bonchev–Trinajstić information content (AvgIpc) is 2.19. The number of thioether (sulfide) groups is 1. The van der Waals surface area contributed by atoms with Gasteiger partial charge in [0.2, 0.25) is 0 Å². The van der Waals surface area contributed by atoms with Gasteiger partial charge in [0.25, 0.3) is 0 Å². The fraction of sp³-hybridized carbons (Fsp3) is 0.417. The molecule has 0 unspecified atom stereocenters. The first-order chi connectivity index (χ1) is 7.50. The van der Waals surface area contributed by atoms with Crippen molar-refractivity contribution in [1.29, 1.82) is 5.41 Å². The van der Waals surface area contributed by atoms with Gasteiger partial charge in [-0.15, -0.1) is 11.8 Å². The number of nitrogens with two attached hydrogens (primary N) is 1. The summed E-state index contributed by atoms with van der Waals surface area (Å²) in [6.07, 6.45) is 1.18. The van der Waals surface area contributed by atoms with Crippen LogP contribution in [0.3, 0.4) is 0 Å². The first-order valence-corrected chi connectivity index (χ1v) is 6.64. The van der Waals surface area contributed by atoms with Crippen LogP contribution in [-0.4, -0.2) is 11.6 Å². The van der Waals surface area contributed by atoms with Crippen molar-refractivity contribution in [3.8, 4) is 0 Å². The molecule has 4 heteroatoms. The van der Waals surface area contributed by atoms with Crippen molar-refractivity contribution in [1.82, 2.24) is 0 Å². The molecule has 0 spiro atoms. The highest BCUT2D eigenvalue weighted by atomic mass is 35.5. The zero-order chi connectivity index (χ0) is 12.1. The molecule has 0 amide bonds. The van der Waals surface area contributed by atoms with Crippen molar-refractivity contribution >= 4 is 29.2 Å². The van der Waals surface area contributed by atoms with E-state index in [1.165, 1.54) is 6.42 Å². The third-order valence-corrected chi connectivity index (χ3v) is 3.73. The van der Waals surface area contributed by atoms with Crippen LogP contribution in [0.2, 0.25) is 5.02 Å². The Morgan fingerprint density at radius 3 is 2.69 bits per heavy atom. The molecule has 0 aromatic heterocycles. The van der Waals surface area contributed by atoms with E-state index >= 15 is 0 Å². The zero-order valence-corrected chi connectivity index (χ0v) is 11.2. The summed E-state index contributed by atoms with van der Waals surface area (Å²) in [6, 6.07) is 5.53. The SMILES string of the molecule is CC(C)CCSc1ccc(C(=N)N)cc1Cl. The van der Waals surface area contributed by atoms with Crippen LogP contribution in [0.1, 0.15) is 25.8 Å². The molecule has 1 rings (SSSR count). The van der Waals surface area contributed by atoms with Gasteiger partial charge < -0.3 is 5.73 Å². The third kappa shape index (κ3) is 4.06.